The number of carbonyl (C=O) groups is 1. The predicted octanol–water partition coefficient (Wildman–Crippen LogP) is 4.25. The summed E-state index contributed by atoms with van der Waals surface area (Å²) in [4.78, 5) is 12.5. The van der Waals surface area contributed by atoms with Crippen LogP contribution < -0.4 is 5.01 Å². The van der Waals surface area contributed by atoms with Crippen molar-refractivity contribution in [3.05, 3.63) is 69.7 Å². The van der Waals surface area contributed by atoms with Crippen LogP contribution in [0.3, 0.4) is 0 Å². The maximum Gasteiger partial charge on any atom is 0.280 e. The van der Waals surface area contributed by atoms with Crippen molar-refractivity contribution in [2.24, 2.45) is 5.10 Å². The molecule has 4 nitrogen and oxygen atoms in total. The molecule has 1 aliphatic heterocycles. The zero-order valence-corrected chi connectivity index (χ0v) is 14.0. The molecular weight excluding hydrogens is 391 g/mol. The van der Waals surface area contributed by atoms with Gasteiger partial charge in [-0.15, -0.1) is 0 Å². The zero-order valence-electron chi connectivity index (χ0n) is 11.9. The Balaban J connectivity index is 1.82. The van der Waals surface area contributed by atoms with Crippen LogP contribution in [0.2, 0.25) is 0 Å². The van der Waals surface area contributed by atoms with Crippen LogP contribution in [0.4, 0.5) is 5.69 Å². The first kappa shape index (κ1) is 14.8. The third-order valence-corrected chi connectivity index (χ3v) is 3.92. The summed E-state index contributed by atoms with van der Waals surface area (Å²) < 4.78 is 6.33. The molecule has 0 N–H and O–H groups in total. The molecule has 0 unspecified atom stereocenters. The lowest BCUT2D eigenvalue weighted by Crippen LogP contribution is -2.21. The molecule has 1 aromatic heterocycles. The minimum absolute atomic E-state index is 0.122. The van der Waals surface area contributed by atoms with Gasteiger partial charge in [-0.05, 0) is 78.1 Å². The van der Waals surface area contributed by atoms with Crippen molar-refractivity contribution in [3.63, 3.8) is 0 Å². The molecule has 0 fully saturated rings. The van der Waals surface area contributed by atoms with Gasteiger partial charge in [0.25, 0.3) is 5.91 Å². The Kier molecular flexibility index (Phi) is 4.24. The van der Waals surface area contributed by atoms with Crippen molar-refractivity contribution >= 4 is 46.0 Å². The van der Waals surface area contributed by atoms with Gasteiger partial charge in [0.1, 0.15) is 5.76 Å². The van der Waals surface area contributed by atoms with Crippen molar-refractivity contribution in [1.82, 2.24) is 0 Å². The summed E-state index contributed by atoms with van der Waals surface area (Å²) >= 11 is 2.23. The summed E-state index contributed by atoms with van der Waals surface area (Å²) in [6, 6.07) is 11.3. The molecule has 0 radical (unpaired) electrons. The van der Waals surface area contributed by atoms with Crippen LogP contribution in [0, 0.1) is 3.57 Å². The SMILES string of the molecule is CC1=NN(c2ccc(I)cc2)C(=O)/C1=C/C=C/c1ccco1. The molecular formula is C17H13IN2O2. The van der Waals surface area contributed by atoms with E-state index in [1.165, 1.54) is 5.01 Å². The second-order valence-electron chi connectivity index (χ2n) is 4.73. The monoisotopic (exact) mass is 404 g/mol. The van der Waals surface area contributed by atoms with Crippen LogP contribution in [0.25, 0.3) is 6.08 Å². The molecule has 110 valence electrons. The van der Waals surface area contributed by atoms with E-state index in [0.717, 1.165) is 15.0 Å². The maximum atomic E-state index is 12.5. The highest BCUT2D eigenvalue weighted by Gasteiger charge is 2.27. The fourth-order valence-corrected chi connectivity index (χ4v) is 2.45. The van der Waals surface area contributed by atoms with Crippen LogP contribution in [0.1, 0.15) is 12.7 Å². The third kappa shape index (κ3) is 3.04. The van der Waals surface area contributed by atoms with Crippen molar-refractivity contribution in [2.45, 2.75) is 6.92 Å². The summed E-state index contributed by atoms with van der Waals surface area (Å²) in [5.74, 6) is 0.620. The number of benzene rings is 1. The molecule has 3 rings (SSSR count). The molecule has 22 heavy (non-hydrogen) atoms. The van der Waals surface area contributed by atoms with E-state index in [0.29, 0.717) is 11.3 Å². The molecule has 0 aliphatic carbocycles. The molecule has 0 bridgehead atoms. The largest absolute Gasteiger partial charge is 0.465 e. The number of nitrogens with zero attached hydrogens (tertiary/aromatic N) is 2. The van der Waals surface area contributed by atoms with Gasteiger partial charge in [-0.25, -0.2) is 0 Å². The van der Waals surface area contributed by atoms with E-state index in [1.54, 1.807) is 24.5 Å². The van der Waals surface area contributed by atoms with Gasteiger partial charge in [0.15, 0.2) is 0 Å². The highest BCUT2D eigenvalue weighted by atomic mass is 127. The van der Waals surface area contributed by atoms with E-state index in [4.69, 9.17) is 4.42 Å². The Morgan fingerprint density at radius 2 is 2.00 bits per heavy atom. The standard InChI is InChI=1S/C17H13IN2O2/c1-12-16(6-2-4-15-5-3-11-22-15)17(21)20(19-12)14-9-7-13(18)8-10-14/h2-11H,1H3/b4-2+,16-6+. The molecule has 5 heteroatoms. The zero-order chi connectivity index (χ0) is 15.5. The number of allylic oxidation sites excluding steroid dienone is 2. The number of rotatable bonds is 3. The minimum atomic E-state index is -0.122. The molecule has 0 spiro atoms. The van der Waals surface area contributed by atoms with Gasteiger partial charge in [-0.1, -0.05) is 6.08 Å². The summed E-state index contributed by atoms with van der Waals surface area (Å²) in [5.41, 5.74) is 2.05. The second kappa shape index (κ2) is 6.31. The Bertz CT molecular complexity index is 772. The average molecular weight is 404 g/mol. The Hall–Kier alpha value is -2.15. The normalized spacial score (nSPS) is 16.8. The van der Waals surface area contributed by atoms with E-state index in [1.807, 2.05) is 43.3 Å². The number of hydrogen-bond acceptors (Lipinski definition) is 3. The molecule has 0 saturated heterocycles. The molecule has 0 atom stereocenters. The van der Waals surface area contributed by atoms with Gasteiger partial charge in [0.05, 0.1) is 23.2 Å². The van der Waals surface area contributed by atoms with E-state index in [-0.39, 0.29) is 5.91 Å². The summed E-state index contributed by atoms with van der Waals surface area (Å²) in [5, 5.41) is 5.77. The molecule has 1 aromatic carbocycles. The first-order chi connectivity index (χ1) is 10.6. The lowest BCUT2D eigenvalue weighted by molar-refractivity contribution is -0.114. The second-order valence-corrected chi connectivity index (χ2v) is 5.98. The van der Waals surface area contributed by atoms with Gasteiger partial charge < -0.3 is 4.42 Å². The Labute approximate surface area is 142 Å². The van der Waals surface area contributed by atoms with Crippen molar-refractivity contribution in [2.75, 3.05) is 5.01 Å². The number of hydrogen-bond donors (Lipinski definition) is 0. The third-order valence-electron chi connectivity index (χ3n) is 3.20. The number of hydrazone groups is 1. The summed E-state index contributed by atoms with van der Waals surface area (Å²) in [7, 11) is 0. The van der Waals surface area contributed by atoms with Crippen LogP contribution in [0.15, 0.2) is 69.9 Å². The predicted molar refractivity (Wildman–Crippen MR) is 95.6 cm³/mol. The van der Waals surface area contributed by atoms with Crippen LogP contribution >= 0.6 is 22.6 Å². The lowest BCUT2D eigenvalue weighted by atomic mass is 10.1. The fourth-order valence-electron chi connectivity index (χ4n) is 2.09. The van der Waals surface area contributed by atoms with E-state index >= 15 is 0 Å². The molecule has 2 aromatic rings. The number of anilines is 1. The molecule has 2 heterocycles. The number of halogens is 1. The van der Waals surface area contributed by atoms with E-state index < -0.39 is 0 Å². The summed E-state index contributed by atoms with van der Waals surface area (Å²) in [6.45, 7) is 1.83. The Morgan fingerprint density at radius 1 is 1.23 bits per heavy atom. The van der Waals surface area contributed by atoms with E-state index in [2.05, 4.69) is 27.7 Å². The molecule has 0 saturated carbocycles. The van der Waals surface area contributed by atoms with Crippen molar-refractivity contribution in [3.8, 4) is 0 Å². The van der Waals surface area contributed by atoms with Crippen LogP contribution in [-0.2, 0) is 4.79 Å². The smallest absolute Gasteiger partial charge is 0.280 e. The fraction of sp³-hybridized carbons (Fsp3) is 0.0588. The number of furan rings is 1. The minimum Gasteiger partial charge on any atom is -0.465 e. The number of carbonyl (C=O) groups excluding carboxylic acids is 1. The first-order valence-corrected chi connectivity index (χ1v) is 7.80. The highest BCUT2D eigenvalue weighted by molar-refractivity contribution is 14.1. The van der Waals surface area contributed by atoms with Crippen LogP contribution in [0.5, 0.6) is 0 Å². The van der Waals surface area contributed by atoms with E-state index in [9.17, 15) is 4.79 Å². The Morgan fingerprint density at radius 3 is 2.68 bits per heavy atom. The lowest BCUT2D eigenvalue weighted by Gasteiger charge is -2.11. The van der Waals surface area contributed by atoms with Crippen molar-refractivity contribution in [1.29, 1.82) is 0 Å². The van der Waals surface area contributed by atoms with Gasteiger partial charge in [-0.2, -0.15) is 10.1 Å². The molecule has 1 amide bonds. The quantitative estimate of drug-likeness (QED) is 0.568. The molecule has 1 aliphatic rings. The van der Waals surface area contributed by atoms with Crippen LogP contribution in [-0.4, -0.2) is 11.6 Å². The van der Waals surface area contributed by atoms with Gasteiger partial charge >= 0.3 is 0 Å². The van der Waals surface area contributed by atoms with Gasteiger partial charge in [0.2, 0.25) is 0 Å². The first-order valence-electron chi connectivity index (χ1n) is 6.72. The van der Waals surface area contributed by atoms with Gasteiger partial charge in [-0.3, -0.25) is 4.79 Å². The average Bonchev–Trinajstić information content (AvgIpc) is 3.11. The topological polar surface area (TPSA) is 45.8 Å². The maximum absolute atomic E-state index is 12.5. The highest BCUT2D eigenvalue weighted by Crippen LogP contribution is 2.24. The number of amides is 1. The summed E-state index contributed by atoms with van der Waals surface area (Å²) in [6.07, 6.45) is 6.97. The van der Waals surface area contributed by atoms with Gasteiger partial charge in [0, 0.05) is 3.57 Å². The van der Waals surface area contributed by atoms with Crippen molar-refractivity contribution < 1.29 is 9.21 Å².